The molecule has 6 N–H and O–H groups in total. The van der Waals surface area contributed by atoms with Crippen LogP contribution in [-0.4, -0.2) is 78.9 Å². The van der Waals surface area contributed by atoms with Crippen LogP contribution in [0.5, 0.6) is 0 Å². The van der Waals surface area contributed by atoms with Crippen molar-refractivity contribution in [3.05, 3.63) is 35.9 Å². The van der Waals surface area contributed by atoms with Gasteiger partial charge in [0.25, 0.3) is 0 Å². The van der Waals surface area contributed by atoms with Crippen molar-refractivity contribution in [2.24, 2.45) is 11.7 Å². The molecule has 4 atom stereocenters. The largest absolute Gasteiger partial charge is 0.355 e. The Balaban J connectivity index is 1.67. The quantitative estimate of drug-likeness (QED) is 0.174. The number of carbonyl (C=O) groups is 4. The average Bonchev–Trinajstić information content (AvgIpc) is 3.52. The molecule has 1 aliphatic carbocycles. The molecule has 1 aromatic rings. The fourth-order valence-corrected chi connectivity index (χ4v) is 6.27. The van der Waals surface area contributed by atoms with Crippen LogP contribution < -0.4 is 27.0 Å². The Hall–Kier alpha value is -2.98. The number of amides is 4. The van der Waals surface area contributed by atoms with E-state index in [2.05, 4.69) is 21.3 Å². The molecule has 0 bridgehead atoms. The SMILES string of the molecule is CCNC(=O)C(Cc1ccccc1)NC(=O)[C@@H]1CCCN1C(=O)C(NC(=O)C(C)NCCCCCCN)C1CCCCC1. The predicted molar refractivity (Wildman–Crippen MR) is 169 cm³/mol. The van der Waals surface area contributed by atoms with Gasteiger partial charge in [0, 0.05) is 19.5 Å². The molecule has 3 unspecified atom stereocenters. The third kappa shape index (κ3) is 10.9. The number of nitrogens with one attached hydrogen (secondary N) is 4. The van der Waals surface area contributed by atoms with Crippen molar-refractivity contribution in [2.75, 3.05) is 26.2 Å². The maximum atomic E-state index is 14.1. The first-order chi connectivity index (χ1) is 20.8. The lowest BCUT2D eigenvalue weighted by molar-refractivity contribution is -0.143. The molecule has 1 aromatic carbocycles. The molecule has 43 heavy (non-hydrogen) atoms. The van der Waals surface area contributed by atoms with E-state index in [0.29, 0.717) is 38.9 Å². The summed E-state index contributed by atoms with van der Waals surface area (Å²) in [5, 5.41) is 12.2. The predicted octanol–water partition coefficient (Wildman–Crippen LogP) is 2.40. The van der Waals surface area contributed by atoms with Crippen LogP contribution in [0.2, 0.25) is 0 Å². The second kappa shape index (κ2) is 18.6. The molecule has 0 radical (unpaired) electrons. The molecule has 10 heteroatoms. The van der Waals surface area contributed by atoms with Crippen LogP contribution in [0, 0.1) is 5.92 Å². The first-order valence-electron chi connectivity index (χ1n) is 16.5. The van der Waals surface area contributed by atoms with E-state index in [1.807, 2.05) is 44.2 Å². The number of nitrogens with zero attached hydrogens (tertiary/aromatic N) is 1. The van der Waals surface area contributed by atoms with Crippen LogP contribution in [0.25, 0.3) is 0 Å². The van der Waals surface area contributed by atoms with Crippen LogP contribution in [0.4, 0.5) is 0 Å². The van der Waals surface area contributed by atoms with Crippen LogP contribution in [0.1, 0.15) is 90.0 Å². The monoisotopic (exact) mass is 598 g/mol. The van der Waals surface area contributed by atoms with Crippen molar-refractivity contribution < 1.29 is 19.2 Å². The summed E-state index contributed by atoms with van der Waals surface area (Å²) >= 11 is 0. The summed E-state index contributed by atoms with van der Waals surface area (Å²) in [6.07, 6.45) is 10.6. The van der Waals surface area contributed by atoms with Gasteiger partial charge in [-0.15, -0.1) is 0 Å². The van der Waals surface area contributed by atoms with Crippen LogP contribution >= 0.6 is 0 Å². The Kier molecular flexibility index (Phi) is 15.0. The summed E-state index contributed by atoms with van der Waals surface area (Å²) in [4.78, 5) is 55.5. The van der Waals surface area contributed by atoms with Crippen molar-refractivity contribution >= 4 is 23.6 Å². The van der Waals surface area contributed by atoms with Gasteiger partial charge in [0.2, 0.25) is 23.6 Å². The normalized spacial score (nSPS) is 19.3. The average molecular weight is 599 g/mol. The lowest BCUT2D eigenvalue weighted by atomic mass is 9.83. The first-order valence-corrected chi connectivity index (χ1v) is 16.5. The van der Waals surface area contributed by atoms with Gasteiger partial charge in [-0.25, -0.2) is 0 Å². The second-order valence-electron chi connectivity index (χ2n) is 12.1. The van der Waals surface area contributed by atoms with E-state index in [4.69, 9.17) is 5.73 Å². The van der Waals surface area contributed by atoms with Gasteiger partial charge in [-0.2, -0.15) is 0 Å². The van der Waals surface area contributed by atoms with Crippen molar-refractivity contribution in [3.63, 3.8) is 0 Å². The fraction of sp³-hybridized carbons (Fsp3) is 0.697. The summed E-state index contributed by atoms with van der Waals surface area (Å²) in [6, 6.07) is 7.06. The van der Waals surface area contributed by atoms with E-state index < -0.39 is 24.2 Å². The number of benzene rings is 1. The van der Waals surface area contributed by atoms with E-state index in [-0.39, 0.29) is 29.5 Å². The highest BCUT2D eigenvalue weighted by atomic mass is 16.2. The molecular weight excluding hydrogens is 544 g/mol. The summed E-state index contributed by atoms with van der Waals surface area (Å²) in [5.41, 5.74) is 6.51. The number of nitrogens with two attached hydrogens (primary N) is 1. The zero-order valence-electron chi connectivity index (χ0n) is 26.2. The summed E-state index contributed by atoms with van der Waals surface area (Å²) in [7, 11) is 0. The van der Waals surface area contributed by atoms with Crippen molar-refractivity contribution in [1.82, 2.24) is 26.2 Å². The van der Waals surface area contributed by atoms with E-state index in [9.17, 15) is 19.2 Å². The van der Waals surface area contributed by atoms with Gasteiger partial charge < -0.3 is 31.9 Å². The zero-order chi connectivity index (χ0) is 31.0. The Morgan fingerprint density at radius 2 is 1.63 bits per heavy atom. The summed E-state index contributed by atoms with van der Waals surface area (Å²) < 4.78 is 0. The highest BCUT2D eigenvalue weighted by Gasteiger charge is 2.41. The molecule has 4 amide bonds. The van der Waals surface area contributed by atoms with Crippen LogP contribution in [0.3, 0.4) is 0 Å². The van der Waals surface area contributed by atoms with Gasteiger partial charge in [0.05, 0.1) is 6.04 Å². The Morgan fingerprint density at radius 1 is 0.907 bits per heavy atom. The third-order valence-corrected chi connectivity index (χ3v) is 8.76. The highest BCUT2D eigenvalue weighted by Crippen LogP contribution is 2.29. The van der Waals surface area contributed by atoms with Gasteiger partial charge in [0.1, 0.15) is 18.1 Å². The maximum Gasteiger partial charge on any atom is 0.246 e. The summed E-state index contributed by atoms with van der Waals surface area (Å²) in [5.74, 6) is -0.908. The van der Waals surface area contributed by atoms with E-state index >= 15 is 0 Å². The molecule has 1 saturated carbocycles. The molecule has 1 heterocycles. The molecule has 240 valence electrons. The van der Waals surface area contributed by atoms with Crippen LogP contribution in [0.15, 0.2) is 30.3 Å². The minimum absolute atomic E-state index is 0.0409. The van der Waals surface area contributed by atoms with Gasteiger partial charge in [-0.05, 0) is 76.9 Å². The van der Waals surface area contributed by atoms with E-state index in [1.165, 1.54) is 0 Å². The smallest absolute Gasteiger partial charge is 0.246 e. The molecule has 3 rings (SSSR count). The Labute approximate surface area is 257 Å². The van der Waals surface area contributed by atoms with E-state index in [1.54, 1.807) is 4.90 Å². The molecular formula is C33H54N6O4. The Morgan fingerprint density at radius 3 is 2.33 bits per heavy atom. The first kappa shape index (κ1) is 34.5. The van der Waals surface area contributed by atoms with Crippen molar-refractivity contribution in [2.45, 2.75) is 115 Å². The van der Waals surface area contributed by atoms with Gasteiger partial charge in [-0.1, -0.05) is 62.4 Å². The molecule has 1 saturated heterocycles. The number of rotatable bonds is 17. The Bertz CT molecular complexity index is 1020. The lowest BCUT2D eigenvalue weighted by Crippen LogP contribution is -2.59. The molecule has 2 aliphatic rings. The minimum Gasteiger partial charge on any atom is -0.355 e. The van der Waals surface area contributed by atoms with Gasteiger partial charge >= 0.3 is 0 Å². The third-order valence-electron chi connectivity index (χ3n) is 8.76. The minimum atomic E-state index is -0.747. The zero-order valence-corrected chi connectivity index (χ0v) is 26.2. The number of likely N-dealkylation sites (tertiary alicyclic amines) is 1. The van der Waals surface area contributed by atoms with Crippen molar-refractivity contribution in [1.29, 1.82) is 0 Å². The summed E-state index contributed by atoms with van der Waals surface area (Å²) in [6.45, 7) is 6.01. The number of unbranched alkanes of at least 4 members (excludes halogenated alkanes) is 3. The van der Waals surface area contributed by atoms with Crippen LogP contribution in [-0.2, 0) is 25.6 Å². The number of likely N-dealkylation sites (N-methyl/N-ethyl adjacent to an activating group) is 1. The maximum absolute atomic E-state index is 14.1. The number of carbonyl (C=O) groups excluding carboxylic acids is 4. The van der Waals surface area contributed by atoms with Gasteiger partial charge in [0.15, 0.2) is 0 Å². The topological polar surface area (TPSA) is 146 Å². The van der Waals surface area contributed by atoms with Crippen molar-refractivity contribution in [3.8, 4) is 0 Å². The lowest BCUT2D eigenvalue weighted by Gasteiger charge is -2.35. The molecule has 10 nitrogen and oxygen atoms in total. The second-order valence-corrected chi connectivity index (χ2v) is 12.1. The molecule has 0 spiro atoms. The highest BCUT2D eigenvalue weighted by molar-refractivity contribution is 5.95. The van der Waals surface area contributed by atoms with Gasteiger partial charge in [-0.3, -0.25) is 19.2 Å². The number of hydrogen-bond donors (Lipinski definition) is 5. The fourth-order valence-electron chi connectivity index (χ4n) is 6.27. The standard InChI is InChI=1S/C33H54N6O4/c1-3-35-31(41)27(23-25-15-8-6-9-16-25)37-32(42)28-19-14-22-39(28)33(43)29(26-17-10-7-11-18-26)38-30(40)24(2)36-21-13-5-4-12-20-34/h6,8-9,15-16,24,26-29,36H,3-5,7,10-14,17-23,34H2,1-2H3,(H,35,41)(H,37,42)(H,38,40)/t24?,27?,28-,29?/m0/s1. The van der Waals surface area contributed by atoms with E-state index in [0.717, 1.165) is 69.9 Å². The molecule has 1 aliphatic heterocycles. The molecule has 2 fully saturated rings. The number of hydrogen-bond acceptors (Lipinski definition) is 6. The molecule has 0 aromatic heterocycles.